The maximum atomic E-state index is 13.4. The van der Waals surface area contributed by atoms with Gasteiger partial charge in [0, 0.05) is 27.8 Å². The van der Waals surface area contributed by atoms with Crippen LogP contribution in [0.15, 0.2) is 53.1 Å². The van der Waals surface area contributed by atoms with E-state index in [2.05, 4.69) is 15.8 Å². The van der Waals surface area contributed by atoms with E-state index in [1.54, 1.807) is 62.4 Å². The Morgan fingerprint density at radius 3 is 2.41 bits per heavy atom. The third kappa shape index (κ3) is 4.61. The SMILES string of the molecule is Cc1noc(-c2ccc(NC(=O)C3C(C)C3(F)F)cc2)c1NC(=O)O[C@H](C)c1ccccc1Cl. The number of aromatic nitrogens is 1. The van der Waals surface area contributed by atoms with E-state index in [-0.39, 0.29) is 5.76 Å². The predicted octanol–water partition coefficient (Wildman–Crippen LogP) is 6.45. The molecule has 34 heavy (non-hydrogen) atoms. The highest BCUT2D eigenvalue weighted by atomic mass is 35.5. The molecule has 1 saturated carbocycles. The lowest BCUT2D eigenvalue weighted by atomic mass is 10.1. The zero-order valence-corrected chi connectivity index (χ0v) is 19.3. The number of amides is 2. The van der Waals surface area contributed by atoms with Gasteiger partial charge in [-0.1, -0.05) is 41.9 Å². The first-order chi connectivity index (χ1) is 16.1. The number of benzene rings is 2. The summed E-state index contributed by atoms with van der Waals surface area (Å²) in [5.74, 6) is -5.71. The summed E-state index contributed by atoms with van der Waals surface area (Å²) in [6.45, 7) is 4.70. The van der Waals surface area contributed by atoms with Crippen LogP contribution in [0.4, 0.5) is 25.0 Å². The number of halogens is 3. The lowest BCUT2D eigenvalue weighted by molar-refractivity contribution is -0.119. The molecule has 3 atom stereocenters. The highest BCUT2D eigenvalue weighted by Gasteiger charge is 2.69. The Balaban J connectivity index is 1.43. The van der Waals surface area contributed by atoms with Crippen molar-refractivity contribution in [2.75, 3.05) is 10.6 Å². The molecular formula is C24H22ClF2N3O4. The highest BCUT2D eigenvalue weighted by molar-refractivity contribution is 6.31. The van der Waals surface area contributed by atoms with E-state index in [1.807, 2.05) is 0 Å². The van der Waals surface area contributed by atoms with E-state index in [4.69, 9.17) is 20.9 Å². The van der Waals surface area contributed by atoms with Crippen molar-refractivity contribution in [3.05, 3.63) is 64.8 Å². The Morgan fingerprint density at radius 1 is 1.15 bits per heavy atom. The number of aryl methyl sites for hydroxylation is 1. The number of carbonyl (C=O) groups excluding carboxylic acids is 2. The molecule has 10 heteroatoms. The lowest BCUT2D eigenvalue weighted by Crippen LogP contribution is -2.17. The molecule has 1 aliphatic carbocycles. The molecule has 178 valence electrons. The molecule has 1 aromatic heterocycles. The quantitative estimate of drug-likeness (QED) is 0.415. The van der Waals surface area contributed by atoms with E-state index >= 15 is 0 Å². The molecule has 0 bridgehead atoms. The van der Waals surface area contributed by atoms with Crippen molar-refractivity contribution in [3.63, 3.8) is 0 Å². The fraction of sp³-hybridized carbons (Fsp3) is 0.292. The Kier molecular flexibility index (Phi) is 6.31. The van der Waals surface area contributed by atoms with Crippen molar-refractivity contribution >= 4 is 35.0 Å². The molecule has 4 rings (SSSR count). The van der Waals surface area contributed by atoms with Crippen LogP contribution in [0.1, 0.15) is 31.2 Å². The number of alkyl halides is 2. The average Bonchev–Trinajstić information content (AvgIpc) is 3.09. The summed E-state index contributed by atoms with van der Waals surface area (Å²) in [5, 5.41) is 9.53. The van der Waals surface area contributed by atoms with Crippen LogP contribution >= 0.6 is 11.6 Å². The normalized spacial score (nSPS) is 19.2. The number of hydrogen-bond donors (Lipinski definition) is 2. The molecule has 2 unspecified atom stereocenters. The first kappa shape index (κ1) is 23.7. The highest BCUT2D eigenvalue weighted by Crippen LogP contribution is 2.55. The first-order valence-corrected chi connectivity index (χ1v) is 10.9. The molecule has 0 radical (unpaired) electrons. The molecule has 7 nitrogen and oxygen atoms in total. The minimum atomic E-state index is -2.97. The first-order valence-electron chi connectivity index (χ1n) is 10.6. The maximum absolute atomic E-state index is 13.4. The number of hydrogen-bond acceptors (Lipinski definition) is 5. The Morgan fingerprint density at radius 2 is 1.79 bits per heavy atom. The van der Waals surface area contributed by atoms with Gasteiger partial charge in [0.1, 0.15) is 23.4 Å². The average molecular weight is 490 g/mol. The van der Waals surface area contributed by atoms with Crippen LogP contribution in [-0.4, -0.2) is 23.1 Å². The summed E-state index contributed by atoms with van der Waals surface area (Å²) >= 11 is 6.16. The van der Waals surface area contributed by atoms with Gasteiger partial charge in [0.05, 0.1) is 0 Å². The minimum absolute atomic E-state index is 0.278. The summed E-state index contributed by atoms with van der Waals surface area (Å²) in [7, 11) is 0. The van der Waals surface area contributed by atoms with Gasteiger partial charge in [-0.05, 0) is 44.2 Å². The third-order valence-corrected chi connectivity index (χ3v) is 6.17. The zero-order valence-electron chi connectivity index (χ0n) is 18.6. The Labute approximate surface area is 199 Å². The van der Waals surface area contributed by atoms with Gasteiger partial charge in [0.15, 0.2) is 5.76 Å². The Hall–Kier alpha value is -3.46. The van der Waals surface area contributed by atoms with Gasteiger partial charge in [-0.2, -0.15) is 0 Å². The van der Waals surface area contributed by atoms with Crippen molar-refractivity contribution in [1.29, 1.82) is 0 Å². The monoisotopic (exact) mass is 489 g/mol. The second-order valence-electron chi connectivity index (χ2n) is 8.17. The topological polar surface area (TPSA) is 93.5 Å². The van der Waals surface area contributed by atoms with E-state index in [1.165, 1.54) is 6.92 Å². The van der Waals surface area contributed by atoms with Crippen LogP contribution in [0.2, 0.25) is 5.02 Å². The van der Waals surface area contributed by atoms with E-state index in [9.17, 15) is 18.4 Å². The molecular weight excluding hydrogens is 468 g/mol. The molecule has 2 amide bonds. The van der Waals surface area contributed by atoms with E-state index in [0.29, 0.717) is 33.2 Å². The van der Waals surface area contributed by atoms with Gasteiger partial charge >= 0.3 is 6.09 Å². The summed E-state index contributed by atoms with van der Waals surface area (Å²) in [5.41, 5.74) is 2.33. The second-order valence-corrected chi connectivity index (χ2v) is 8.58. The van der Waals surface area contributed by atoms with Gasteiger partial charge < -0.3 is 14.6 Å². The van der Waals surface area contributed by atoms with Gasteiger partial charge in [-0.3, -0.25) is 10.1 Å². The number of ether oxygens (including phenoxy) is 1. The van der Waals surface area contributed by atoms with Crippen LogP contribution < -0.4 is 10.6 Å². The van der Waals surface area contributed by atoms with Gasteiger partial charge in [-0.25, -0.2) is 13.6 Å². The lowest BCUT2D eigenvalue weighted by Gasteiger charge is -2.15. The van der Waals surface area contributed by atoms with Crippen molar-refractivity contribution in [3.8, 4) is 11.3 Å². The smallest absolute Gasteiger partial charge is 0.412 e. The molecule has 0 aliphatic heterocycles. The van der Waals surface area contributed by atoms with Crippen LogP contribution in [0.25, 0.3) is 11.3 Å². The number of anilines is 2. The van der Waals surface area contributed by atoms with Crippen molar-refractivity contribution in [1.82, 2.24) is 5.16 Å². The number of nitrogens with zero attached hydrogens (tertiary/aromatic N) is 1. The van der Waals surface area contributed by atoms with E-state index < -0.39 is 35.9 Å². The van der Waals surface area contributed by atoms with Gasteiger partial charge in [0.25, 0.3) is 5.92 Å². The van der Waals surface area contributed by atoms with Crippen LogP contribution in [-0.2, 0) is 9.53 Å². The van der Waals surface area contributed by atoms with Crippen molar-refractivity contribution in [2.24, 2.45) is 11.8 Å². The fourth-order valence-corrected chi connectivity index (χ4v) is 3.97. The van der Waals surface area contributed by atoms with Crippen LogP contribution in [0.3, 0.4) is 0 Å². The summed E-state index contributed by atoms with van der Waals surface area (Å²) in [4.78, 5) is 24.6. The van der Waals surface area contributed by atoms with Crippen LogP contribution in [0, 0.1) is 18.8 Å². The molecule has 1 aliphatic rings. The number of carbonyl (C=O) groups is 2. The zero-order chi connectivity index (χ0) is 24.6. The number of rotatable bonds is 6. The molecule has 2 aromatic carbocycles. The largest absolute Gasteiger partial charge is 0.441 e. The van der Waals surface area contributed by atoms with Crippen molar-refractivity contribution < 1.29 is 27.6 Å². The van der Waals surface area contributed by atoms with Crippen LogP contribution in [0.5, 0.6) is 0 Å². The number of nitrogens with one attached hydrogen (secondary N) is 2. The summed E-state index contributed by atoms with van der Waals surface area (Å²) in [6.07, 6.45) is -1.31. The van der Waals surface area contributed by atoms with Gasteiger partial charge in [-0.15, -0.1) is 0 Å². The van der Waals surface area contributed by atoms with E-state index in [0.717, 1.165) is 0 Å². The summed E-state index contributed by atoms with van der Waals surface area (Å²) in [6, 6.07) is 13.4. The molecule has 0 saturated heterocycles. The van der Waals surface area contributed by atoms with Gasteiger partial charge in [0.2, 0.25) is 5.91 Å². The van der Waals surface area contributed by atoms with Crippen molar-refractivity contribution in [2.45, 2.75) is 32.8 Å². The predicted molar refractivity (Wildman–Crippen MR) is 123 cm³/mol. The fourth-order valence-electron chi connectivity index (χ4n) is 3.68. The minimum Gasteiger partial charge on any atom is -0.441 e. The second kappa shape index (κ2) is 9.06. The Bertz CT molecular complexity index is 1230. The molecule has 0 spiro atoms. The molecule has 2 N–H and O–H groups in total. The molecule has 1 fully saturated rings. The molecule has 1 heterocycles. The third-order valence-electron chi connectivity index (χ3n) is 5.83. The maximum Gasteiger partial charge on any atom is 0.412 e. The standard InChI is InChI=1S/C24H22ClF2N3O4/c1-12-19(24(12,26)27)22(31)28-16-10-8-15(9-11-16)21-20(13(2)30-34-21)29-23(32)33-14(3)17-6-4-5-7-18(17)25/h4-12,14,19H,1-3H3,(H,28,31)(H,29,32)/t12?,14-,19?/m1/s1. The molecule has 3 aromatic rings. The summed E-state index contributed by atoms with van der Waals surface area (Å²) < 4.78 is 37.7.